The predicted molar refractivity (Wildman–Crippen MR) is 131 cm³/mol. The molecule has 1 aromatic carbocycles. The first kappa shape index (κ1) is 22.5. The van der Waals surface area contributed by atoms with E-state index in [1.165, 1.54) is 10.1 Å². The summed E-state index contributed by atoms with van der Waals surface area (Å²) in [6, 6.07) is 12.6. The number of rotatable bonds is 6. The van der Waals surface area contributed by atoms with Crippen LogP contribution in [-0.4, -0.2) is 34.8 Å². The molecule has 1 aliphatic rings. The Morgan fingerprint density at radius 2 is 1.81 bits per heavy atom. The van der Waals surface area contributed by atoms with Crippen molar-refractivity contribution >= 4 is 33.5 Å². The van der Waals surface area contributed by atoms with Crippen molar-refractivity contribution in [1.82, 2.24) is 15.3 Å². The van der Waals surface area contributed by atoms with Crippen LogP contribution < -0.4 is 10.6 Å². The van der Waals surface area contributed by atoms with Crippen LogP contribution in [0.1, 0.15) is 46.5 Å². The average molecular weight is 453 g/mol. The number of aromatic nitrogens is 2. The second kappa shape index (κ2) is 9.86. The molecule has 1 amide bonds. The van der Waals surface area contributed by atoms with E-state index in [4.69, 9.17) is 9.72 Å². The summed E-state index contributed by atoms with van der Waals surface area (Å²) >= 11 is 1.76. The molecule has 170 valence electrons. The molecule has 7 heteroatoms. The van der Waals surface area contributed by atoms with Gasteiger partial charge in [-0.25, -0.2) is 14.8 Å². The number of hydrogen-bond acceptors (Lipinski definition) is 6. The van der Waals surface area contributed by atoms with Crippen LogP contribution in [-0.2, 0) is 4.74 Å². The molecule has 0 aliphatic heterocycles. The first-order chi connectivity index (χ1) is 15.4. The van der Waals surface area contributed by atoms with Crippen molar-refractivity contribution in [3.05, 3.63) is 42.6 Å². The zero-order valence-corrected chi connectivity index (χ0v) is 19.9. The monoisotopic (exact) mass is 452 g/mol. The smallest absolute Gasteiger partial charge is 0.407 e. The van der Waals surface area contributed by atoms with E-state index in [-0.39, 0.29) is 6.09 Å². The van der Waals surface area contributed by atoms with Crippen LogP contribution in [0.25, 0.3) is 20.7 Å². The summed E-state index contributed by atoms with van der Waals surface area (Å²) in [7, 11) is 0. The van der Waals surface area contributed by atoms with Gasteiger partial charge in [0.05, 0.1) is 10.6 Å². The maximum absolute atomic E-state index is 11.8. The van der Waals surface area contributed by atoms with E-state index in [1.54, 1.807) is 11.3 Å². The molecule has 4 rings (SSSR count). The Morgan fingerprint density at radius 1 is 1.09 bits per heavy atom. The molecule has 0 spiro atoms. The maximum atomic E-state index is 11.8. The molecule has 1 saturated carbocycles. The summed E-state index contributed by atoms with van der Waals surface area (Å²) in [6.45, 7) is 7.21. The van der Waals surface area contributed by atoms with Crippen LogP contribution in [0.3, 0.4) is 0 Å². The number of nitrogens with zero attached hydrogens (tertiary/aromatic N) is 2. The molecular formula is C25H32N4O2S. The Hall–Kier alpha value is -2.67. The predicted octanol–water partition coefficient (Wildman–Crippen LogP) is 6.10. The zero-order chi connectivity index (χ0) is 22.6. The summed E-state index contributed by atoms with van der Waals surface area (Å²) in [6.07, 6.45) is 6.02. The van der Waals surface area contributed by atoms with Crippen LogP contribution in [0.5, 0.6) is 0 Å². The van der Waals surface area contributed by atoms with Crippen molar-refractivity contribution in [3.63, 3.8) is 0 Å². The fraction of sp³-hybridized carbons (Fsp3) is 0.480. The van der Waals surface area contributed by atoms with Gasteiger partial charge < -0.3 is 15.4 Å². The van der Waals surface area contributed by atoms with Crippen molar-refractivity contribution in [2.24, 2.45) is 11.8 Å². The van der Waals surface area contributed by atoms with Gasteiger partial charge in [0, 0.05) is 24.0 Å². The average Bonchev–Trinajstić information content (AvgIpc) is 3.20. The number of nitrogens with one attached hydrogen (secondary N) is 2. The number of carbonyl (C=O) groups is 1. The maximum Gasteiger partial charge on any atom is 0.407 e. The highest BCUT2D eigenvalue weighted by molar-refractivity contribution is 7.22. The zero-order valence-electron chi connectivity index (χ0n) is 19.1. The van der Waals surface area contributed by atoms with E-state index in [2.05, 4.69) is 45.9 Å². The van der Waals surface area contributed by atoms with Crippen LogP contribution in [0.15, 0.2) is 42.6 Å². The molecule has 3 aromatic rings. The first-order valence-electron chi connectivity index (χ1n) is 11.4. The lowest BCUT2D eigenvalue weighted by atomic mass is 9.82. The highest BCUT2D eigenvalue weighted by Gasteiger charge is 2.23. The Kier molecular flexibility index (Phi) is 6.94. The Balaban J connectivity index is 1.24. The van der Waals surface area contributed by atoms with E-state index in [1.807, 2.05) is 33.0 Å². The van der Waals surface area contributed by atoms with Gasteiger partial charge in [-0.2, -0.15) is 0 Å². The van der Waals surface area contributed by atoms with Crippen molar-refractivity contribution < 1.29 is 9.53 Å². The van der Waals surface area contributed by atoms with E-state index < -0.39 is 5.60 Å². The third-order valence-electron chi connectivity index (χ3n) is 5.78. The lowest BCUT2D eigenvalue weighted by Gasteiger charge is -2.29. The number of fused-ring (bicyclic) bond motifs is 1. The third kappa shape index (κ3) is 6.19. The van der Waals surface area contributed by atoms with Gasteiger partial charge in [0.25, 0.3) is 0 Å². The van der Waals surface area contributed by atoms with E-state index in [0.717, 1.165) is 42.8 Å². The molecule has 0 atom stereocenters. The normalized spacial score (nSPS) is 19.0. The fourth-order valence-corrected chi connectivity index (χ4v) is 5.14. The van der Waals surface area contributed by atoms with Gasteiger partial charge in [-0.3, -0.25) is 0 Å². The fourth-order valence-electron chi connectivity index (χ4n) is 4.11. The second-order valence-electron chi connectivity index (χ2n) is 9.56. The van der Waals surface area contributed by atoms with Gasteiger partial charge in [-0.05, 0) is 81.9 Å². The minimum Gasteiger partial charge on any atom is -0.444 e. The summed E-state index contributed by atoms with van der Waals surface area (Å²) in [5.41, 5.74) is 0.504. The summed E-state index contributed by atoms with van der Waals surface area (Å²) in [5.74, 6) is 1.81. The van der Waals surface area contributed by atoms with Crippen LogP contribution in [0.4, 0.5) is 10.7 Å². The van der Waals surface area contributed by atoms with Gasteiger partial charge in [-0.1, -0.05) is 18.2 Å². The van der Waals surface area contributed by atoms with Gasteiger partial charge in [0.1, 0.15) is 5.60 Å². The molecule has 0 unspecified atom stereocenters. The highest BCUT2D eigenvalue weighted by atomic mass is 32.1. The molecule has 32 heavy (non-hydrogen) atoms. The molecule has 6 nitrogen and oxygen atoms in total. The Labute approximate surface area is 193 Å². The Morgan fingerprint density at radius 3 is 2.53 bits per heavy atom. The van der Waals surface area contributed by atoms with E-state index >= 15 is 0 Å². The number of carbonyl (C=O) groups excluding carboxylic acids is 1. The first-order valence-corrected chi connectivity index (χ1v) is 12.2. The Bertz CT molecular complexity index is 1020. The number of anilines is 1. The number of ether oxygens (including phenoxy) is 1. The highest BCUT2D eigenvalue weighted by Crippen LogP contribution is 2.33. The standard InChI is InChI=1S/C25H32N4O2S/c1-25(2,3)31-24(30)28-16-18-10-8-17(9-11-18)15-27-23-26-13-12-20(29-23)22-14-19-6-4-5-7-21(19)32-22/h4-7,12-14,17-18H,8-11,15-16H2,1-3H3,(H,28,30)(H,26,27,29). The number of thiophene rings is 1. The molecule has 0 saturated heterocycles. The van der Waals surface area contributed by atoms with Crippen molar-refractivity contribution in [1.29, 1.82) is 0 Å². The third-order valence-corrected chi connectivity index (χ3v) is 6.92. The van der Waals surface area contributed by atoms with Gasteiger partial charge in [0.15, 0.2) is 0 Å². The largest absolute Gasteiger partial charge is 0.444 e. The molecular weight excluding hydrogens is 420 g/mol. The van der Waals surface area contributed by atoms with Crippen LogP contribution in [0.2, 0.25) is 0 Å². The van der Waals surface area contributed by atoms with Crippen molar-refractivity contribution in [3.8, 4) is 10.6 Å². The molecule has 2 heterocycles. The number of amides is 1. The molecule has 2 aromatic heterocycles. The van der Waals surface area contributed by atoms with Gasteiger partial charge >= 0.3 is 6.09 Å². The lowest BCUT2D eigenvalue weighted by molar-refractivity contribution is 0.0513. The summed E-state index contributed by atoms with van der Waals surface area (Å²) in [5, 5.41) is 7.61. The van der Waals surface area contributed by atoms with Gasteiger partial charge in [-0.15, -0.1) is 11.3 Å². The SMILES string of the molecule is CC(C)(C)OC(=O)NCC1CCC(CNc2nccc(-c3cc4ccccc4s3)n2)CC1. The minimum atomic E-state index is -0.455. The van der Waals surface area contributed by atoms with Crippen molar-refractivity contribution in [2.45, 2.75) is 52.1 Å². The van der Waals surface area contributed by atoms with Crippen LogP contribution >= 0.6 is 11.3 Å². The minimum absolute atomic E-state index is 0.322. The second-order valence-corrected chi connectivity index (χ2v) is 10.6. The van der Waals surface area contributed by atoms with E-state index in [0.29, 0.717) is 24.3 Å². The number of benzene rings is 1. The molecule has 1 fully saturated rings. The van der Waals surface area contributed by atoms with Crippen LogP contribution in [0, 0.1) is 11.8 Å². The summed E-state index contributed by atoms with van der Waals surface area (Å²) < 4.78 is 6.59. The lowest BCUT2D eigenvalue weighted by Crippen LogP contribution is -2.36. The molecule has 0 bridgehead atoms. The summed E-state index contributed by atoms with van der Waals surface area (Å²) in [4.78, 5) is 22.2. The topological polar surface area (TPSA) is 76.1 Å². The molecule has 0 radical (unpaired) electrons. The molecule has 2 N–H and O–H groups in total. The van der Waals surface area contributed by atoms with Gasteiger partial charge in [0.2, 0.25) is 5.95 Å². The number of hydrogen-bond donors (Lipinski definition) is 2. The molecule has 1 aliphatic carbocycles. The van der Waals surface area contributed by atoms with E-state index in [9.17, 15) is 4.79 Å². The van der Waals surface area contributed by atoms with Crippen molar-refractivity contribution in [2.75, 3.05) is 18.4 Å². The quantitative estimate of drug-likeness (QED) is 0.472. The number of alkyl carbamates (subject to hydrolysis) is 1.